The van der Waals surface area contributed by atoms with E-state index in [1.165, 1.54) is 6.33 Å². The third-order valence-electron chi connectivity index (χ3n) is 2.70. The second-order valence-corrected chi connectivity index (χ2v) is 4.38. The highest BCUT2D eigenvalue weighted by Gasteiger charge is 2.14. The van der Waals surface area contributed by atoms with Gasteiger partial charge in [-0.2, -0.15) is 5.10 Å². The fourth-order valence-corrected chi connectivity index (χ4v) is 1.53. The van der Waals surface area contributed by atoms with Gasteiger partial charge in [-0.3, -0.25) is 14.7 Å². The Bertz CT molecular complexity index is 391. The molecule has 2 unspecified atom stereocenters. The number of carbonyl (C=O) groups excluding carboxylic acids is 1. The Balaban J connectivity index is 2.24. The number of aromatic amines is 1. The molecule has 0 saturated heterocycles. The molecule has 1 aromatic rings. The summed E-state index contributed by atoms with van der Waals surface area (Å²) >= 11 is 0. The van der Waals surface area contributed by atoms with Gasteiger partial charge in [0, 0.05) is 6.04 Å². The minimum absolute atomic E-state index is 0.0244. The largest absolute Gasteiger partial charge is 0.481 e. The van der Waals surface area contributed by atoms with Gasteiger partial charge in [-0.05, 0) is 19.8 Å². The second kappa shape index (κ2) is 6.73. The molecule has 1 aromatic heterocycles. The van der Waals surface area contributed by atoms with E-state index in [4.69, 9.17) is 5.11 Å². The Labute approximate surface area is 105 Å². The van der Waals surface area contributed by atoms with E-state index in [0.29, 0.717) is 6.42 Å². The van der Waals surface area contributed by atoms with Crippen molar-refractivity contribution in [1.82, 2.24) is 20.5 Å². The third-order valence-corrected chi connectivity index (χ3v) is 2.70. The van der Waals surface area contributed by atoms with Crippen LogP contribution in [0, 0.1) is 5.92 Å². The highest BCUT2D eigenvalue weighted by atomic mass is 16.4. The first-order valence-electron chi connectivity index (χ1n) is 5.89. The molecule has 0 bridgehead atoms. The molecule has 0 aliphatic rings. The molecule has 100 valence electrons. The van der Waals surface area contributed by atoms with Gasteiger partial charge in [-0.15, -0.1) is 0 Å². The van der Waals surface area contributed by atoms with Crippen molar-refractivity contribution in [1.29, 1.82) is 0 Å². The lowest BCUT2D eigenvalue weighted by atomic mass is 10.0. The summed E-state index contributed by atoms with van der Waals surface area (Å²) in [5, 5.41) is 17.6. The van der Waals surface area contributed by atoms with Crippen molar-refractivity contribution in [2.75, 3.05) is 0 Å². The first-order valence-corrected chi connectivity index (χ1v) is 5.89. The van der Waals surface area contributed by atoms with E-state index in [9.17, 15) is 9.59 Å². The zero-order valence-electron chi connectivity index (χ0n) is 10.5. The van der Waals surface area contributed by atoms with Crippen molar-refractivity contribution >= 4 is 11.9 Å². The van der Waals surface area contributed by atoms with Crippen molar-refractivity contribution in [2.45, 2.75) is 39.2 Å². The first-order chi connectivity index (χ1) is 8.50. The maximum Gasteiger partial charge on any atom is 0.306 e. The number of amides is 1. The molecule has 1 rings (SSSR count). The fourth-order valence-electron chi connectivity index (χ4n) is 1.53. The molecule has 18 heavy (non-hydrogen) atoms. The average molecular weight is 254 g/mol. The number of rotatable bonds is 7. The molecule has 0 aliphatic heterocycles. The van der Waals surface area contributed by atoms with Crippen LogP contribution in [0.4, 0.5) is 0 Å². The van der Waals surface area contributed by atoms with Gasteiger partial charge in [0.25, 0.3) is 5.91 Å². The lowest BCUT2D eigenvalue weighted by Gasteiger charge is -2.13. The van der Waals surface area contributed by atoms with Gasteiger partial charge in [0.05, 0.1) is 5.92 Å². The van der Waals surface area contributed by atoms with Crippen LogP contribution in [0.5, 0.6) is 0 Å². The molecule has 0 radical (unpaired) electrons. The quantitative estimate of drug-likeness (QED) is 0.667. The molecular formula is C11H18N4O3. The van der Waals surface area contributed by atoms with Crippen molar-refractivity contribution in [2.24, 2.45) is 5.92 Å². The summed E-state index contributed by atoms with van der Waals surface area (Å²) in [6, 6.07) is -0.0244. The number of carbonyl (C=O) groups is 2. The molecule has 7 nitrogen and oxygen atoms in total. The Morgan fingerprint density at radius 2 is 2.17 bits per heavy atom. The Morgan fingerprint density at radius 3 is 2.72 bits per heavy atom. The SMILES string of the molecule is CC(CCCC(C)C(=O)O)NC(=O)c1ncn[nH]1. The van der Waals surface area contributed by atoms with E-state index in [0.717, 1.165) is 12.8 Å². The first kappa shape index (κ1) is 14.1. The van der Waals surface area contributed by atoms with Crippen LogP contribution in [0.15, 0.2) is 6.33 Å². The zero-order valence-corrected chi connectivity index (χ0v) is 10.5. The van der Waals surface area contributed by atoms with Gasteiger partial charge in [0.2, 0.25) is 5.82 Å². The molecule has 3 N–H and O–H groups in total. The highest BCUT2D eigenvalue weighted by Crippen LogP contribution is 2.09. The lowest BCUT2D eigenvalue weighted by Crippen LogP contribution is -2.33. The minimum atomic E-state index is -0.784. The summed E-state index contributed by atoms with van der Waals surface area (Å²) in [6.45, 7) is 3.56. The summed E-state index contributed by atoms with van der Waals surface area (Å²) < 4.78 is 0. The van der Waals surface area contributed by atoms with Gasteiger partial charge < -0.3 is 10.4 Å². The molecule has 0 aliphatic carbocycles. The summed E-state index contributed by atoms with van der Waals surface area (Å²) in [5.41, 5.74) is 0. The van der Waals surface area contributed by atoms with Crippen LogP contribution in [-0.2, 0) is 4.79 Å². The predicted molar refractivity (Wildman–Crippen MR) is 64.0 cm³/mol. The maximum absolute atomic E-state index is 11.6. The van der Waals surface area contributed by atoms with E-state index in [1.807, 2.05) is 6.92 Å². The number of hydrogen-bond acceptors (Lipinski definition) is 4. The number of H-pyrrole nitrogens is 1. The summed E-state index contributed by atoms with van der Waals surface area (Å²) in [6.07, 6.45) is 3.37. The molecule has 0 saturated carbocycles. The fraction of sp³-hybridized carbons (Fsp3) is 0.636. The maximum atomic E-state index is 11.6. The number of carboxylic acid groups (broad SMARTS) is 1. The molecule has 1 heterocycles. The number of nitrogens with one attached hydrogen (secondary N) is 2. The van der Waals surface area contributed by atoms with Gasteiger partial charge in [0.1, 0.15) is 6.33 Å². The summed E-state index contributed by atoms with van der Waals surface area (Å²) in [7, 11) is 0. The normalized spacial score (nSPS) is 13.9. The molecule has 1 amide bonds. The lowest BCUT2D eigenvalue weighted by molar-refractivity contribution is -0.141. The third kappa shape index (κ3) is 4.52. The average Bonchev–Trinajstić information content (AvgIpc) is 2.81. The molecule has 0 aromatic carbocycles. The summed E-state index contributed by atoms with van der Waals surface area (Å²) in [5.74, 6) is -1.25. The van der Waals surface area contributed by atoms with Gasteiger partial charge in [-0.1, -0.05) is 13.3 Å². The Hall–Kier alpha value is -1.92. The van der Waals surface area contributed by atoms with Crippen LogP contribution in [-0.4, -0.2) is 38.2 Å². The van der Waals surface area contributed by atoms with Crippen LogP contribution in [0.3, 0.4) is 0 Å². The number of aliphatic carboxylic acids is 1. The number of carboxylic acids is 1. The second-order valence-electron chi connectivity index (χ2n) is 4.38. The van der Waals surface area contributed by atoms with Crippen molar-refractivity contribution in [3.63, 3.8) is 0 Å². The topological polar surface area (TPSA) is 108 Å². The van der Waals surface area contributed by atoms with E-state index in [-0.39, 0.29) is 23.7 Å². The van der Waals surface area contributed by atoms with Gasteiger partial charge in [0.15, 0.2) is 0 Å². The highest BCUT2D eigenvalue weighted by molar-refractivity contribution is 5.90. The van der Waals surface area contributed by atoms with E-state index >= 15 is 0 Å². The van der Waals surface area contributed by atoms with E-state index < -0.39 is 5.97 Å². The van der Waals surface area contributed by atoms with Crippen LogP contribution in [0.2, 0.25) is 0 Å². The Morgan fingerprint density at radius 1 is 1.44 bits per heavy atom. The Kier molecular flexibility index (Phi) is 5.29. The van der Waals surface area contributed by atoms with Crippen molar-refractivity contribution in [3.8, 4) is 0 Å². The molecule has 7 heteroatoms. The minimum Gasteiger partial charge on any atom is -0.481 e. The van der Waals surface area contributed by atoms with Crippen molar-refractivity contribution in [3.05, 3.63) is 12.2 Å². The molecule has 2 atom stereocenters. The van der Waals surface area contributed by atoms with Gasteiger partial charge >= 0.3 is 5.97 Å². The van der Waals surface area contributed by atoms with Gasteiger partial charge in [-0.25, -0.2) is 4.98 Å². The van der Waals surface area contributed by atoms with E-state index in [1.54, 1.807) is 6.92 Å². The summed E-state index contributed by atoms with van der Waals surface area (Å²) in [4.78, 5) is 25.9. The van der Waals surface area contributed by atoms with Crippen LogP contribution in [0.25, 0.3) is 0 Å². The zero-order chi connectivity index (χ0) is 13.5. The molecular weight excluding hydrogens is 236 g/mol. The number of aromatic nitrogens is 3. The van der Waals surface area contributed by atoms with E-state index in [2.05, 4.69) is 20.5 Å². The van der Waals surface area contributed by atoms with Crippen molar-refractivity contribution < 1.29 is 14.7 Å². The van der Waals surface area contributed by atoms with Crippen LogP contribution >= 0.6 is 0 Å². The predicted octanol–water partition coefficient (Wildman–Crippen LogP) is 0.814. The number of nitrogens with zero attached hydrogens (tertiary/aromatic N) is 2. The standard InChI is InChI=1S/C11H18N4O3/c1-7(11(17)18)4-3-5-8(2)14-10(16)9-12-6-13-15-9/h6-8H,3-5H2,1-2H3,(H,14,16)(H,17,18)(H,12,13,15). The smallest absolute Gasteiger partial charge is 0.306 e. The number of hydrogen-bond donors (Lipinski definition) is 3. The van der Waals surface area contributed by atoms with Crippen LogP contribution in [0.1, 0.15) is 43.7 Å². The molecule has 0 fully saturated rings. The van der Waals surface area contributed by atoms with Crippen LogP contribution < -0.4 is 5.32 Å². The molecule has 0 spiro atoms. The monoisotopic (exact) mass is 254 g/mol.